The molecule has 0 amide bonds. The van der Waals surface area contributed by atoms with Gasteiger partial charge in [0.05, 0.1) is 5.52 Å². The van der Waals surface area contributed by atoms with Crippen molar-refractivity contribution in [1.29, 1.82) is 0 Å². The largest absolute Gasteiger partial charge is 0.354 e. The van der Waals surface area contributed by atoms with Crippen LogP contribution in [0.15, 0.2) is 30.5 Å². The van der Waals surface area contributed by atoms with Crippen LogP contribution in [0.5, 0.6) is 0 Å². The van der Waals surface area contributed by atoms with Crippen molar-refractivity contribution in [2.45, 2.75) is 19.3 Å². The van der Waals surface area contributed by atoms with Crippen molar-refractivity contribution in [1.82, 2.24) is 9.97 Å². The van der Waals surface area contributed by atoms with Gasteiger partial charge in [0, 0.05) is 18.1 Å². The van der Waals surface area contributed by atoms with Gasteiger partial charge in [0.2, 0.25) is 5.95 Å². The molecule has 0 atom stereocenters. The second-order valence-corrected chi connectivity index (χ2v) is 5.14. The highest BCUT2D eigenvalue weighted by Gasteiger charge is 2.41. The fourth-order valence-electron chi connectivity index (χ4n) is 2.32. The number of anilines is 1. The van der Waals surface area contributed by atoms with Crippen LogP contribution in [0.2, 0.25) is 0 Å². The number of rotatable bonds is 5. The number of para-hydroxylation sites is 1. The van der Waals surface area contributed by atoms with Gasteiger partial charge in [-0.05, 0) is 37.3 Å². The maximum Gasteiger partial charge on any atom is 0.223 e. The van der Waals surface area contributed by atoms with E-state index in [0.29, 0.717) is 5.41 Å². The molecule has 0 spiro atoms. The first-order valence-electron chi connectivity index (χ1n) is 6.47. The SMILES string of the molecule is NCCC1(CNc2ncc3ccccc3n2)CC1. The summed E-state index contributed by atoms with van der Waals surface area (Å²) in [5.41, 5.74) is 7.03. The molecule has 0 aliphatic heterocycles. The number of aromatic nitrogens is 2. The molecule has 3 N–H and O–H groups in total. The first-order valence-corrected chi connectivity index (χ1v) is 6.47. The molecule has 4 nitrogen and oxygen atoms in total. The predicted octanol–water partition coefficient (Wildman–Crippen LogP) is 2.17. The Balaban J connectivity index is 1.71. The van der Waals surface area contributed by atoms with Gasteiger partial charge in [-0.25, -0.2) is 9.97 Å². The van der Waals surface area contributed by atoms with E-state index in [0.717, 1.165) is 36.4 Å². The summed E-state index contributed by atoms with van der Waals surface area (Å²) >= 11 is 0. The summed E-state index contributed by atoms with van der Waals surface area (Å²) < 4.78 is 0. The van der Waals surface area contributed by atoms with Crippen molar-refractivity contribution in [3.05, 3.63) is 30.5 Å². The molecule has 0 bridgehead atoms. The molecule has 2 aromatic rings. The molecule has 1 aliphatic carbocycles. The van der Waals surface area contributed by atoms with Crippen molar-refractivity contribution in [2.24, 2.45) is 11.1 Å². The molecule has 94 valence electrons. The van der Waals surface area contributed by atoms with Crippen molar-refractivity contribution >= 4 is 16.9 Å². The Bertz CT molecular complexity index is 548. The van der Waals surface area contributed by atoms with Crippen molar-refractivity contribution in [3.63, 3.8) is 0 Å². The second kappa shape index (κ2) is 4.53. The van der Waals surface area contributed by atoms with Crippen LogP contribution in [0.4, 0.5) is 5.95 Å². The molecule has 1 aromatic heterocycles. The van der Waals surface area contributed by atoms with Crippen LogP contribution in [0.1, 0.15) is 19.3 Å². The molecule has 1 saturated carbocycles. The Labute approximate surface area is 107 Å². The summed E-state index contributed by atoms with van der Waals surface area (Å²) in [5, 5.41) is 4.42. The molecule has 1 aromatic carbocycles. The van der Waals surface area contributed by atoms with Gasteiger partial charge in [0.1, 0.15) is 0 Å². The molecule has 18 heavy (non-hydrogen) atoms. The third-order valence-corrected chi connectivity index (χ3v) is 3.74. The number of nitrogens with one attached hydrogen (secondary N) is 1. The van der Waals surface area contributed by atoms with Gasteiger partial charge >= 0.3 is 0 Å². The van der Waals surface area contributed by atoms with E-state index in [9.17, 15) is 0 Å². The van der Waals surface area contributed by atoms with E-state index in [1.54, 1.807) is 0 Å². The molecule has 3 rings (SSSR count). The van der Waals surface area contributed by atoms with Crippen LogP contribution in [-0.2, 0) is 0 Å². The predicted molar refractivity (Wildman–Crippen MR) is 73.4 cm³/mol. The average Bonchev–Trinajstić information content (AvgIpc) is 3.17. The number of nitrogens with zero attached hydrogens (tertiary/aromatic N) is 2. The standard InChI is InChI=1S/C14H18N4/c15-8-7-14(5-6-14)10-17-13-16-9-11-3-1-2-4-12(11)18-13/h1-4,9H,5-8,10,15H2,(H,16,17,18). The summed E-state index contributed by atoms with van der Waals surface area (Å²) in [5.74, 6) is 0.719. The lowest BCUT2D eigenvalue weighted by atomic mass is 10.0. The molecule has 4 heteroatoms. The Morgan fingerprint density at radius 1 is 1.28 bits per heavy atom. The number of hydrogen-bond donors (Lipinski definition) is 2. The van der Waals surface area contributed by atoms with Gasteiger partial charge in [-0.3, -0.25) is 0 Å². The van der Waals surface area contributed by atoms with Crippen LogP contribution in [-0.4, -0.2) is 23.1 Å². The first kappa shape index (κ1) is 11.4. The summed E-state index contributed by atoms with van der Waals surface area (Å²) in [6.45, 7) is 1.70. The average molecular weight is 242 g/mol. The van der Waals surface area contributed by atoms with Gasteiger partial charge in [-0.2, -0.15) is 0 Å². The van der Waals surface area contributed by atoms with E-state index >= 15 is 0 Å². The third kappa shape index (κ3) is 2.29. The van der Waals surface area contributed by atoms with Crippen LogP contribution in [0.3, 0.4) is 0 Å². The minimum Gasteiger partial charge on any atom is -0.354 e. The van der Waals surface area contributed by atoms with Crippen molar-refractivity contribution in [3.8, 4) is 0 Å². The van der Waals surface area contributed by atoms with E-state index in [4.69, 9.17) is 5.73 Å². The van der Waals surface area contributed by atoms with Crippen LogP contribution in [0.25, 0.3) is 10.9 Å². The minimum atomic E-state index is 0.407. The van der Waals surface area contributed by atoms with Gasteiger partial charge in [0.15, 0.2) is 0 Å². The molecular weight excluding hydrogens is 224 g/mol. The number of hydrogen-bond acceptors (Lipinski definition) is 4. The molecule has 1 heterocycles. The highest BCUT2D eigenvalue weighted by atomic mass is 15.1. The fourth-order valence-corrected chi connectivity index (χ4v) is 2.32. The van der Waals surface area contributed by atoms with Crippen LogP contribution in [0, 0.1) is 5.41 Å². The molecule has 0 radical (unpaired) electrons. The van der Waals surface area contributed by atoms with Gasteiger partial charge in [-0.15, -0.1) is 0 Å². The quantitative estimate of drug-likeness (QED) is 0.843. The highest BCUT2D eigenvalue weighted by Crippen LogP contribution is 2.48. The van der Waals surface area contributed by atoms with E-state index < -0.39 is 0 Å². The van der Waals surface area contributed by atoms with E-state index in [1.165, 1.54) is 12.8 Å². The minimum absolute atomic E-state index is 0.407. The lowest BCUT2D eigenvalue weighted by Gasteiger charge is -2.14. The van der Waals surface area contributed by atoms with Crippen molar-refractivity contribution < 1.29 is 0 Å². The monoisotopic (exact) mass is 242 g/mol. The lowest BCUT2D eigenvalue weighted by Crippen LogP contribution is -2.20. The van der Waals surface area contributed by atoms with E-state index in [2.05, 4.69) is 15.3 Å². The van der Waals surface area contributed by atoms with Gasteiger partial charge in [-0.1, -0.05) is 18.2 Å². The van der Waals surface area contributed by atoms with E-state index in [-0.39, 0.29) is 0 Å². The Hall–Kier alpha value is -1.68. The Morgan fingerprint density at radius 2 is 2.11 bits per heavy atom. The summed E-state index contributed by atoms with van der Waals surface area (Å²) in [7, 11) is 0. The normalized spacial score (nSPS) is 16.7. The first-order chi connectivity index (χ1) is 8.81. The molecule has 1 aliphatic rings. The maximum atomic E-state index is 5.64. The smallest absolute Gasteiger partial charge is 0.223 e. The fraction of sp³-hybridized carbons (Fsp3) is 0.429. The Morgan fingerprint density at radius 3 is 2.89 bits per heavy atom. The molecule has 1 fully saturated rings. The van der Waals surface area contributed by atoms with E-state index in [1.807, 2.05) is 30.5 Å². The topological polar surface area (TPSA) is 63.8 Å². The summed E-state index contributed by atoms with van der Waals surface area (Å²) in [4.78, 5) is 8.86. The van der Waals surface area contributed by atoms with Crippen LogP contribution >= 0.6 is 0 Å². The maximum absolute atomic E-state index is 5.64. The van der Waals surface area contributed by atoms with Gasteiger partial charge < -0.3 is 11.1 Å². The Kier molecular flexibility index (Phi) is 2.88. The number of benzene rings is 1. The highest BCUT2D eigenvalue weighted by molar-refractivity contribution is 5.78. The van der Waals surface area contributed by atoms with Crippen molar-refractivity contribution in [2.75, 3.05) is 18.4 Å². The summed E-state index contributed by atoms with van der Waals surface area (Å²) in [6.07, 6.45) is 5.50. The molecule has 0 unspecified atom stereocenters. The zero-order valence-electron chi connectivity index (χ0n) is 10.4. The zero-order chi connectivity index (χ0) is 12.4. The zero-order valence-corrected chi connectivity index (χ0v) is 10.4. The second-order valence-electron chi connectivity index (χ2n) is 5.14. The third-order valence-electron chi connectivity index (χ3n) is 3.74. The number of nitrogens with two attached hydrogens (primary N) is 1. The lowest BCUT2D eigenvalue weighted by molar-refractivity contribution is 0.500. The van der Waals surface area contributed by atoms with Gasteiger partial charge in [0.25, 0.3) is 0 Å². The molecular formula is C14H18N4. The molecule has 0 saturated heterocycles. The summed E-state index contributed by atoms with van der Waals surface area (Å²) in [6, 6.07) is 8.03. The van der Waals surface area contributed by atoms with Crippen LogP contribution < -0.4 is 11.1 Å². The number of fused-ring (bicyclic) bond motifs is 1.